The van der Waals surface area contributed by atoms with Crippen LogP contribution in [0.4, 0.5) is 4.79 Å². The summed E-state index contributed by atoms with van der Waals surface area (Å²) in [6.45, 7) is 9.80. The molecule has 1 aliphatic heterocycles. The van der Waals surface area contributed by atoms with Crippen molar-refractivity contribution in [1.29, 1.82) is 0 Å². The second-order valence-corrected chi connectivity index (χ2v) is 6.64. The van der Waals surface area contributed by atoms with Crippen LogP contribution in [0.3, 0.4) is 0 Å². The Morgan fingerprint density at radius 1 is 1.25 bits per heavy atom. The molecule has 1 fully saturated rings. The molecule has 0 aromatic carbocycles. The van der Waals surface area contributed by atoms with E-state index in [-0.39, 0.29) is 35.9 Å². The molecule has 0 aromatic rings. The van der Waals surface area contributed by atoms with Crippen LogP contribution in [0.25, 0.3) is 0 Å². The van der Waals surface area contributed by atoms with Crippen LogP contribution in [-0.4, -0.2) is 41.3 Å². The molecule has 5 nitrogen and oxygen atoms in total. The highest BCUT2D eigenvalue weighted by Crippen LogP contribution is 2.26. The van der Waals surface area contributed by atoms with E-state index in [1.165, 1.54) is 6.92 Å². The zero-order chi connectivity index (χ0) is 15.5. The Labute approximate surface area is 120 Å². The van der Waals surface area contributed by atoms with Crippen molar-refractivity contribution in [2.75, 3.05) is 13.1 Å². The molecule has 1 rings (SSSR count). The summed E-state index contributed by atoms with van der Waals surface area (Å²) < 4.78 is 5.33. The highest BCUT2D eigenvalue weighted by Gasteiger charge is 2.35. The molecule has 114 valence electrons. The van der Waals surface area contributed by atoms with Gasteiger partial charge < -0.3 is 9.64 Å². The fourth-order valence-corrected chi connectivity index (χ4v) is 2.36. The normalized spacial score (nSPS) is 23.4. The lowest BCUT2D eigenvalue weighted by atomic mass is 9.82. The number of carbonyl (C=O) groups is 3. The molecule has 0 radical (unpaired) electrons. The molecule has 0 spiro atoms. The van der Waals surface area contributed by atoms with Gasteiger partial charge in [0.2, 0.25) is 0 Å². The molecule has 0 bridgehead atoms. The second-order valence-electron chi connectivity index (χ2n) is 6.64. The number of Topliss-reactive ketones (excluding diaryl/α,β-unsaturated/α-hetero) is 2. The molecule has 1 heterocycles. The Bertz CT molecular complexity index is 397. The van der Waals surface area contributed by atoms with Gasteiger partial charge in [-0.2, -0.15) is 0 Å². The highest BCUT2D eigenvalue weighted by atomic mass is 16.6. The summed E-state index contributed by atoms with van der Waals surface area (Å²) in [4.78, 5) is 36.8. The van der Waals surface area contributed by atoms with Crippen molar-refractivity contribution in [3.63, 3.8) is 0 Å². The van der Waals surface area contributed by atoms with Gasteiger partial charge in [0.25, 0.3) is 0 Å². The van der Waals surface area contributed by atoms with Gasteiger partial charge in [-0.25, -0.2) is 4.79 Å². The molecule has 1 aliphatic rings. The number of piperidine rings is 1. The van der Waals surface area contributed by atoms with Crippen molar-refractivity contribution in [3.05, 3.63) is 0 Å². The Hall–Kier alpha value is -1.39. The van der Waals surface area contributed by atoms with Gasteiger partial charge in [-0.3, -0.25) is 9.59 Å². The van der Waals surface area contributed by atoms with Crippen molar-refractivity contribution >= 4 is 17.7 Å². The van der Waals surface area contributed by atoms with Crippen molar-refractivity contribution < 1.29 is 19.1 Å². The van der Waals surface area contributed by atoms with Crippen LogP contribution in [0.5, 0.6) is 0 Å². The zero-order valence-electron chi connectivity index (χ0n) is 13.1. The summed E-state index contributed by atoms with van der Waals surface area (Å²) in [6, 6.07) is 0. The van der Waals surface area contributed by atoms with Crippen LogP contribution in [0.15, 0.2) is 0 Å². The smallest absolute Gasteiger partial charge is 0.410 e. The molecule has 5 heteroatoms. The number of ketones is 2. The fraction of sp³-hybridized carbons (Fsp3) is 0.800. The molecular formula is C15H25NO4. The minimum atomic E-state index is -0.543. The van der Waals surface area contributed by atoms with E-state index in [0.29, 0.717) is 13.1 Å². The zero-order valence-corrected chi connectivity index (χ0v) is 13.1. The van der Waals surface area contributed by atoms with Gasteiger partial charge in [0.05, 0.1) is 6.42 Å². The van der Waals surface area contributed by atoms with E-state index in [9.17, 15) is 14.4 Å². The lowest BCUT2D eigenvalue weighted by Gasteiger charge is -2.36. The van der Waals surface area contributed by atoms with Crippen molar-refractivity contribution in [2.24, 2.45) is 11.8 Å². The number of rotatable bonds is 3. The molecule has 0 N–H and O–H groups in total. The number of hydrogen-bond acceptors (Lipinski definition) is 4. The maximum atomic E-state index is 12.1. The van der Waals surface area contributed by atoms with Gasteiger partial charge in [-0.05, 0) is 40.0 Å². The fourth-order valence-electron chi connectivity index (χ4n) is 2.36. The van der Waals surface area contributed by atoms with Crippen molar-refractivity contribution in [2.45, 2.75) is 53.1 Å². The van der Waals surface area contributed by atoms with E-state index in [2.05, 4.69) is 0 Å². The Morgan fingerprint density at radius 2 is 1.85 bits per heavy atom. The maximum Gasteiger partial charge on any atom is 0.410 e. The Balaban J connectivity index is 2.68. The predicted octanol–water partition coefficient (Wildman–Crippen LogP) is 2.43. The van der Waals surface area contributed by atoms with Crippen LogP contribution in [0.1, 0.15) is 47.5 Å². The molecule has 0 saturated carbocycles. The highest BCUT2D eigenvalue weighted by molar-refractivity contribution is 5.99. The first-order valence-corrected chi connectivity index (χ1v) is 7.10. The topological polar surface area (TPSA) is 63.7 Å². The van der Waals surface area contributed by atoms with Gasteiger partial charge in [0.1, 0.15) is 17.2 Å². The molecule has 0 unspecified atom stereocenters. The Morgan fingerprint density at radius 3 is 2.35 bits per heavy atom. The Kier molecular flexibility index (Phi) is 5.31. The third kappa shape index (κ3) is 4.94. The number of ether oxygens (including phenoxy) is 1. The first kappa shape index (κ1) is 16.7. The van der Waals surface area contributed by atoms with Crippen LogP contribution in [-0.2, 0) is 14.3 Å². The minimum Gasteiger partial charge on any atom is -0.444 e. The quantitative estimate of drug-likeness (QED) is 0.746. The lowest BCUT2D eigenvalue weighted by Crippen LogP contribution is -2.47. The van der Waals surface area contributed by atoms with Crippen LogP contribution < -0.4 is 0 Å². The number of amides is 1. The van der Waals surface area contributed by atoms with Gasteiger partial charge in [-0.1, -0.05) is 6.92 Å². The molecule has 1 amide bonds. The van der Waals surface area contributed by atoms with Gasteiger partial charge >= 0.3 is 6.09 Å². The van der Waals surface area contributed by atoms with Crippen molar-refractivity contribution in [3.8, 4) is 0 Å². The largest absolute Gasteiger partial charge is 0.444 e. The van der Waals surface area contributed by atoms with E-state index in [0.717, 1.165) is 6.42 Å². The molecule has 20 heavy (non-hydrogen) atoms. The average molecular weight is 283 g/mol. The lowest BCUT2D eigenvalue weighted by molar-refractivity contribution is -0.130. The van der Waals surface area contributed by atoms with Gasteiger partial charge in [0.15, 0.2) is 0 Å². The van der Waals surface area contributed by atoms with E-state index in [4.69, 9.17) is 4.74 Å². The van der Waals surface area contributed by atoms with Crippen molar-refractivity contribution in [1.82, 2.24) is 4.90 Å². The monoisotopic (exact) mass is 283 g/mol. The third-order valence-electron chi connectivity index (χ3n) is 3.45. The molecule has 0 aliphatic carbocycles. The number of nitrogens with zero attached hydrogens (tertiary/aromatic N) is 1. The standard InChI is InChI=1S/C15H25NO4/c1-10-6-7-16(14(19)20-15(3,4)5)9-12(10)13(18)8-11(2)17/h10,12H,6-9H2,1-5H3/t10-,12-/m0/s1. The van der Waals surface area contributed by atoms with Gasteiger partial charge in [-0.15, -0.1) is 0 Å². The average Bonchev–Trinajstić information content (AvgIpc) is 2.25. The summed E-state index contributed by atoms with van der Waals surface area (Å²) in [5.74, 6) is -0.268. The van der Waals surface area contributed by atoms with E-state index in [1.54, 1.807) is 4.90 Å². The number of likely N-dealkylation sites (tertiary alicyclic amines) is 1. The van der Waals surface area contributed by atoms with Crippen LogP contribution in [0, 0.1) is 11.8 Å². The summed E-state index contributed by atoms with van der Waals surface area (Å²) in [5, 5.41) is 0. The second kappa shape index (κ2) is 6.37. The molecule has 1 saturated heterocycles. The summed E-state index contributed by atoms with van der Waals surface area (Å²) in [5.41, 5.74) is -0.543. The first-order valence-electron chi connectivity index (χ1n) is 7.10. The molecule has 0 aromatic heterocycles. The third-order valence-corrected chi connectivity index (χ3v) is 3.45. The number of hydrogen-bond donors (Lipinski definition) is 0. The van der Waals surface area contributed by atoms with E-state index >= 15 is 0 Å². The molecule has 2 atom stereocenters. The van der Waals surface area contributed by atoms with E-state index in [1.807, 2.05) is 27.7 Å². The minimum absolute atomic E-state index is 0.0445. The van der Waals surface area contributed by atoms with Crippen LogP contribution >= 0.6 is 0 Å². The summed E-state index contributed by atoms with van der Waals surface area (Å²) in [7, 11) is 0. The van der Waals surface area contributed by atoms with Gasteiger partial charge in [0, 0.05) is 19.0 Å². The predicted molar refractivity (Wildman–Crippen MR) is 75.4 cm³/mol. The summed E-state index contributed by atoms with van der Waals surface area (Å²) >= 11 is 0. The SMILES string of the molecule is CC(=O)CC(=O)[C@H]1CN(C(=O)OC(C)(C)C)CC[C@@H]1C. The van der Waals surface area contributed by atoms with Crippen LogP contribution in [0.2, 0.25) is 0 Å². The maximum absolute atomic E-state index is 12.1. The van der Waals surface area contributed by atoms with E-state index < -0.39 is 5.60 Å². The number of carbonyl (C=O) groups excluding carboxylic acids is 3. The summed E-state index contributed by atoms with van der Waals surface area (Å²) in [6.07, 6.45) is 0.329. The molecular weight excluding hydrogens is 258 g/mol. The first-order chi connectivity index (χ1) is 9.10.